The van der Waals surface area contributed by atoms with E-state index in [2.05, 4.69) is 0 Å². The molecule has 2 aliphatic rings. The van der Waals surface area contributed by atoms with E-state index in [0.29, 0.717) is 6.42 Å². The molecule has 1 saturated carbocycles. The number of aliphatic hydroxyl groups excluding tert-OH is 2. The maximum atomic E-state index is 11.0. The molecule has 0 amide bonds. The summed E-state index contributed by atoms with van der Waals surface area (Å²) < 4.78 is 5.20. The molecule has 1 heterocycles. The Bertz CT molecular complexity index is 228. The minimum atomic E-state index is -0.638. The first kappa shape index (κ1) is 9.93. The summed E-state index contributed by atoms with van der Waals surface area (Å²) in [6.45, 7) is -0.193. The predicted octanol–water partition coefficient (Wildman–Crippen LogP) is 0.0714. The number of carbonyl (C=O) groups is 1. The number of esters is 1. The van der Waals surface area contributed by atoms with E-state index in [-0.39, 0.29) is 30.5 Å². The van der Waals surface area contributed by atoms with Crippen molar-refractivity contribution in [2.24, 2.45) is 11.8 Å². The van der Waals surface area contributed by atoms with Crippen LogP contribution >= 0.6 is 0 Å². The number of aliphatic hydroxyl groups is 2. The minimum Gasteiger partial charge on any atom is -0.462 e. The zero-order chi connectivity index (χ0) is 10.1. The van der Waals surface area contributed by atoms with E-state index in [4.69, 9.17) is 9.84 Å². The molecule has 0 aromatic heterocycles. The van der Waals surface area contributed by atoms with Gasteiger partial charge < -0.3 is 14.9 Å². The highest BCUT2D eigenvalue weighted by Gasteiger charge is 2.48. The van der Waals surface area contributed by atoms with Crippen molar-refractivity contribution in [3.05, 3.63) is 0 Å². The number of ether oxygens (including phenoxy) is 1. The van der Waals surface area contributed by atoms with E-state index in [9.17, 15) is 9.90 Å². The molecule has 4 nitrogen and oxygen atoms in total. The largest absolute Gasteiger partial charge is 0.462 e. The van der Waals surface area contributed by atoms with Crippen molar-refractivity contribution < 1.29 is 19.7 Å². The smallest absolute Gasteiger partial charge is 0.306 e. The highest BCUT2D eigenvalue weighted by molar-refractivity contribution is 5.70. The molecule has 2 fully saturated rings. The van der Waals surface area contributed by atoms with Gasteiger partial charge in [-0.1, -0.05) is 0 Å². The number of hydrogen-bond acceptors (Lipinski definition) is 4. The molecule has 1 aliphatic heterocycles. The van der Waals surface area contributed by atoms with Crippen molar-refractivity contribution in [3.63, 3.8) is 0 Å². The van der Waals surface area contributed by atoms with Crippen molar-refractivity contribution in [3.8, 4) is 0 Å². The topological polar surface area (TPSA) is 66.8 Å². The second-order valence-corrected chi connectivity index (χ2v) is 4.23. The van der Waals surface area contributed by atoms with Gasteiger partial charge in [-0.3, -0.25) is 4.79 Å². The van der Waals surface area contributed by atoms with Gasteiger partial charge in [0.1, 0.15) is 6.10 Å². The first-order chi connectivity index (χ1) is 6.72. The van der Waals surface area contributed by atoms with E-state index in [0.717, 1.165) is 19.3 Å². The van der Waals surface area contributed by atoms with Crippen molar-refractivity contribution in [1.82, 2.24) is 0 Å². The van der Waals surface area contributed by atoms with E-state index >= 15 is 0 Å². The Labute approximate surface area is 82.9 Å². The molecular formula is C10H16O4. The molecule has 4 heteroatoms. The quantitative estimate of drug-likeness (QED) is 0.633. The Morgan fingerprint density at radius 2 is 2.36 bits per heavy atom. The molecule has 80 valence electrons. The Balaban J connectivity index is 1.83. The zero-order valence-electron chi connectivity index (χ0n) is 8.06. The monoisotopic (exact) mass is 200 g/mol. The van der Waals surface area contributed by atoms with Crippen molar-refractivity contribution in [2.75, 3.05) is 6.61 Å². The number of carbonyl (C=O) groups excluding carboxylic acids is 1. The van der Waals surface area contributed by atoms with E-state index in [1.807, 2.05) is 0 Å². The van der Waals surface area contributed by atoms with Crippen LogP contribution in [-0.4, -0.2) is 35.0 Å². The number of hydrogen-bond donors (Lipinski definition) is 2. The second kappa shape index (κ2) is 3.87. The molecule has 0 aromatic carbocycles. The highest BCUT2D eigenvalue weighted by Crippen LogP contribution is 2.46. The summed E-state index contributed by atoms with van der Waals surface area (Å²) in [6.07, 6.45) is 2.55. The summed E-state index contributed by atoms with van der Waals surface area (Å²) in [4.78, 5) is 11.0. The van der Waals surface area contributed by atoms with Gasteiger partial charge >= 0.3 is 5.97 Å². The molecule has 14 heavy (non-hydrogen) atoms. The van der Waals surface area contributed by atoms with Crippen molar-refractivity contribution in [2.45, 2.75) is 37.9 Å². The van der Waals surface area contributed by atoms with Gasteiger partial charge in [0.25, 0.3) is 0 Å². The summed E-state index contributed by atoms with van der Waals surface area (Å²) in [6, 6.07) is 0. The summed E-state index contributed by atoms with van der Waals surface area (Å²) >= 11 is 0. The molecule has 0 radical (unpaired) electrons. The number of cyclic esters (lactones) is 1. The maximum Gasteiger partial charge on any atom is 0.306 e. The number of rotatable bonds is 3. The average molecular weight is 200 g/mol. The SMILES string of the molecule is O=C1CCC[C@H]([C@H]2C[C@@H]2[C@H](O)CO)O1. The molecule has 0 unspecified atom stereocenters. The van der Waals surface area contributed by atoms with Crippen molar-refractivity contribution >= 4 is 5.97 Å². The maximum absolute atomic E-state index is 11.0. The lowest BCUT2D eigenvalue weighted by molar-refractivity contribution is -0.155. The lowest BCUT2D eigenvalue weighted by atomic mass is 10.0. The van der Waals surface area contributed by atoms with Gasteiger partial charge in [0.05, 0.1) is 12.7 Å². The average Bonchev–Trinajstić information content (AvgIpc) is 2.96. The molecule has 1 aliphatic carbocycles. The van der Waals surface area contributed by atoms with Crippen LogP contribution in [0.3, 0.4) is 0 Å². The Morgan fingerprint density at radius 3 is 3.00 bits per heavy atom. The van der Waals surface area contributed by atoms with Gasteiger partial charge in [0.2, 0.25) is 0 Å². The van der Waals surface area contributed by atoms with Crippen LogP contribution in [0.15, 0.2) is 0 Å². The molecule has 0 bridgehead atoms. The van der Waals surface area contributed by atoms with Gasteiger partial charge in [-0.15, -0.1) is 0 Å². The highest BCUT2D eigenvalue weighted by atomic mass is 16.5. The van der Waals surface area contributed by atoms with Gasteiger partial charge in [0.15, 0.2) is 0 Å². The predicted molar refractivity (Wildman–Crippen MR) is 48.4 cm³/mol. The van der Waals surface area contributed by atoms with Crippen LogP contribution in [0, 0.1) is 11.8 Å². The Kier molecular flexibility index (Phi) is 2.74. The summed E-state index contributed by atoms with van der Waals surface area (Å²) in [7, 11) is 0. The Hall–Kier alpha value is -0.610. The molecule has 0 spiro atoms. The molecule has 0 aromatic rings. The fourth-order valence-electron chi connectivity index (χ4n) is 2.28. The zero-order valence-corrected chi connectivity index (χ0v) is 8.06. The Morgan fingerprint density at radius 1 is 1.57 bits per heavy atom. The van der Waals surface area contributed by atoms with Crippen LogP contribution in [0.1, 0.15) is 25.7 Å². The van der Waals surface area contributed by atoms with E-state index < -0.39 is 6.10 Å². The van der Waals surface area contributed by atoms with Crippen molar-refractivity contribution in [1.29, 1.82) is 0 Å². The standard InChI is InChI=1S/C10H16O4/c11-5-8(12)6-4-7(6)9-2-1-3-10(13)14-9/h6-9,11-12H,1-5H2/t6-,7-,8+,9+/m0/s1. The summed E-state index contributed by atoms with van der Waals surface area (Å²) in [5.41, 5.74) is 0. The molecule has 1 saturated heterocycles. The van der Waals surface area contributed by atoms with Gasteiger partial charge in [-0.05, 0) is 25.2 Å². The van der Waals surface area contributed by atoms with Gasteiger partial charge in [-0.25, -0.2) is 0 Å². The fraction of sp³-hybridized carbons (Fsp3) is 0.900. The molecule has 2 N–H and O–H groups in total. The lowest BCUT2D eigenvalue weighted by Crippen LogP contribution is -2.28. The van der Waals surface area contributed by atoms with Gasteiger partial charge in [0, 0.05) is 12.3 Å². The van der Waals surface area contributed by atoms with Crippen LogP contribution < -0.4 is 0 Å². The third kappa shape index (κ3) is 1.91. The lowest BCUT2D eigenvalue weighted by Gasteiger charge is -2.22. The summed E-state index contributed by atoms with van der Waals surface area (Å²) in [5.74, 6) is 0.294. The third-order valence-corrected chi connectivity index (χ3v) is 3.20. The van der Waals surface area contributed by atoms with Crippen LogP contribution in [-0.2, 0) is 9.53 Å². The fourth-order valence-corrected chi connectivity index (χ4v) is 2.28. The van der Waals surface area contributed by atoms with Crippen LogP contribution in [0.4, 0.5) is 0 Å². The minimum absolute atomic E-state index is 0.0116. The second-order valence-electron chi connectivity index (χ2n) is 4.23. The molecule has 4 atom stereocenters. The van der Waals surface area contributed by atoms with Crippen LogP contribution in [0.2, 0.25) is 0 Å². The molecule has 2 rings (SSSR count). The van der Waals surface area contributed by atoms with E-state index in [1.54, 1.807) is 0 Å². The third-order valence-electron chi connectivity index (χ3n) is 3.20. The first-order valence-corrected chi connectivity index (χ1v) is 5.20. The van der Waals surface area contributed by atoms with Gasteiger partial charge in [-0.2, -0.15) is 0 Å². The van der Waals surface area contributed by atoms with Crippen LogP contribution in [0.5, 0.6) is 0 Å². The van der Waals surface area contributed by atoms with E-state index in [1.165, 1.54) is 0 Å². The first-order valence-electron chi connectivity index (χ1n) is 5.20. The normalized spacial score (nSPS) is 39.0. The molecular weight excluding hydrogens is 184 g/mol. The summed E-state index contributed by atoms with van der Waals surface area (Å²) in [5, 5.41) is 18.1. The van der Waals surface area contributed by atoms with Crippen LogP contribution in [0.25, 0.3) is 0 Å².